The smallest absolute Gasteiger partial charge is 0.0992 e. The number of rotatable bonds is 1. The fourth-order valence-electron chi connectivity index (χ4n) is 1.83. The van der Waals surface area contributed by atoms with Crippen molar-refractivity contribution in [2.45, 2.75) is 0 Å². The van der Waals surface area contributed by atoms with Crippen molar-refractivity contribution in [2.24, 2.45) is 12.0 Å². The molecule has 0 bridgehead atoms. The highest BCUT2D eigenvalue weighted by Gasteiger charge is 2.09. The fourth-order valence-corrected chi connectivity index (χ4v) is 2.40. The summed E-state index contributed by atoms with van der Waals surface area (Å²) in [7, 11) is 3.91. The van der Waals surface area contributed by atoms with Crippen LogP contribution in [-0.2, 0) is 7.05 Å². The predicted molar refractivity (Wildman–Crippen MR) is 68.9 cm³/mol. The van der Waals surface area contributed by atoms with E-state index in [-0.39, 0.29) is 0 Å². The number of nitrogens with zero attached hydrogens (tertiary/aromatic N) is 2. The molecular weight excluding hydrogens is 204 g/mol. The third-order valence-electron chi connectivity index (χ3n) is 2.52. The van der Waals surface area contributed by atoms with Gasteiger partial charge in [0.1, 0.15) is 0 Å². The maximum absolute atomic E-state index is 4.31. The molecule has 0 aliphatic heterocycles. The van der Waals surface area contributed by atoms with Gasteiger partial charge in [-0.25, -0.2) is 0 Å². The molecule has 2 nitrogen and oxygen atoms in total. The molecule has 0 saturated heterocycles. The molecule has 3 heteroatoms. The summed E-state index contributed by atoms with van der Waals surface area (Å²) in [6.07, 6.45) is 4.20. The second-order valence-corrected chi connectivity index (χ2v) is 4.20. The summed E-state index contributed by atoms with van der Waals surface area (Å²) < 4.78 is 2.14. The first-order valence-corrected chi connectivity index (χ1v) is 6.05. The summed E-state index contributed by atoms with van der Waals surface area (Å²) in [6, 6.07) is 8.41. The molecular formula is C12H14N2S. The number of aliphatic imine (C=N–C) groups is 1. The molecule has 78 valence electrons. The van der Waals surface area contributed by atoms with Crippen molar-refractivity contribution >= 4 is 27.7 Å². The number of thioether (sulfide) groups is 1. The minimum Gasteiger partial charge on any atom is -0.350 e. The van der Waals surface area contributed by atoms with Gasteiger partial charge in [-0.15, -0.1) is 11.8 Å². The molecule has 0 saturated carbocycles. The zero-order valence-corrected chi connectivity index (χ0v) is 10.0. The first kappa shape index (κ1) is 10.3. The topological polar surface area (TPSA) is 17.3 Å². The quantitative estimate of drug-likeness (QED) is 0.531. The third kappa shape index (κ3) is 1.67. The highest BCUT2D eigenvalue weighted by atomic mass is 32.2. The van der Waals surface area contributed by atoms with E-state index in [0.717, 1.165) is 5.04 Å². The number of para-hydroxylation sites is 1. The lowest BCUT2D eigenvalue weighted by molar-refractivity contribution is 0.968. The zero-order valence-electron chi connectivity index (χ0n) is 9.19. The Morgan fingerprint density at radius 3 is 2.73 bits per heavy atom. The highest BCUT2D eigenvalue weighted by Crippen LogP contribution is 2.23. The van der Waals surface area contributed by atoms with E-state index in [1.165, 1.54) is 16.5 Å². The van der Waals surface area contributed by atoms with Gasteiger partial charge in [0.2, 0.25) is 0 Å². The Labute approximate surface area is 94.0 Å². The molecule has 1 heterocycles. The Hall–Kier alpha value is -1.22. The van der Waals surface area contributed by atoms with Crippen molar-refractivity contribution in [1.29, 1.82) is 0 Å². The second-order valence-electron chi connectivity index (χ2n) is 3.40. The first-order chi connectivity index (χ1) is 7.27. The number of benzene rings is 1. The van der Waals surface area contributed by atoms with E-state index < -0.39 is 0 Å². The predicted octanol–water partition coefficient (Wildman–Crippen LogP) is 2.92. The monoisotopic (exact) mass is 218 g/mol. The molecule has 0 spiro atoms. The zero-order chi connectivity index (χ0) is 10.8. The average molecular weight is 218 g/mol. The Kier molecular flexibility index (Phi) is 2.82. The van der Waals surface area contributed by atoms with Crippen LogP contribution in [0.1, 0.15) is 5.56 Å². The van der Waals surface area contributed by atoms with E-state index in [1.807, 2.05) is 7.05 Å². The van der Waals surface area contributed by atoms with Gasteiger partial charge in [-0.2, -0.15) is 0 Å². The SMILES string of the molecule is CN=C(SC)c1cn(C)c2ccccc12. The molecule has 0 unspecified atom stereocenters. The van der Waals surface area contributed by atoms with Crippen molar-refractivity contribution in [1.82, 2.24) is 4.57 Å². The van der Waals surface area contributed by atoms with E-state index >= 15 is 0 Å². The van der Waals surface area contributed by atoms with Gasteiger partial charge in [0.05, 0.1) is 5.04 Å². The largest absolute Gasteiger partial charge is 0.350 e. The van der Waals surface area contributed by atoms with E-state index in [0.29, 0.717) is 0 Å². The van der Waals surface area contributed by atoms with Gasteiger partial charge in [-0.05, 0) is 12.3 Å². The van der Waals surface area contributed by atoms with Crippen molar-refractivity contribution in [3.05, 3.63) is 36.0 Å². The normalized spacial score (nSPS) is 12.3. The van der Waals surface area contributed by atoms with Crippen LogP contribution in [0.5, 0.6) is 0 Å². The highest BCUT2D eigenvalue weighted by molar-refractivity contribution is 8.13. The molecule has 0 amide bonds. The molecule has 0 aliphatic carbocycles. The van der Waals surface area contributed by atoms with Crippen LogP contribution in [0.2, 0.25) is 0 Å². The molecule has 2 rings (SSSR count). The van der Waals surface area contributed by atoms with Crippen LogP contribution in [0.15, 0.2) is 35.5 Å². The molecule has 1 aromatic carbocycles. The number of aryl methyl sites for hydroxylation is 1. The molecule has 2 aromatic rings. The van der Waals surface area contributed by atoms with Crippen LogP contribution in [0.3, 0.4) is 0 Å². The van der Waals surface area contributed by atoms with Crippen molar-refractivity contribution in [3.63, 3.8) is 0 Å². The van der Waals surface area contributed by atoms with E-state index in [1.54, 1.807) is 11.8 Å². The minimum atomic E-state index is 1.09. The molecule has 0 aliphatic rings. The second kappa shape index (κ2) is 4.11. The number of fused-ring (bicyclic) bond motifs is 1. The Morgan fingerprint density at radius 1 is 1.33 bits per heavy atom. The molecule has 0 N–H and O–H groups in total. The Morgan fingerprint density at radius 2 is 2.07 bits per heavy atom. The van der Waals surface area contributed by atoms with Crippen molar-refractivity contribution in [2.75, 3.05) is 13.3 Å². The Balaban J connectivity index is 2.72. The van der Waals surface area contributed by atoms with Crippen molar-refractivity contribution < 1.29 is 0 Å². The van der Waals surface area contributed by atoms with Gasteiger partial charge in [-0.3, -0.25) is 4.99 Å². The third-order valence-corrected chi connectivity index (χ3v) is 3.31. The van der Waals surface area contributed by atoms with Crippen LogP contribution >= 0.6 is 11.8 Å². The van der Waals surface area contributed by atoms with Gasteiger partial charge < -0.3 is 4.57 Å². The molecule has 1 aromatic heterocycles. The Bertz CT molecular complexity index is 511. The summed E-state index contributed by atoms with van der Waals surface area (Å²) >= 11 is 1.69. The summed E-state index contributed by atoms with van der Waals surface area (Å²) in [4.78, 5) is 4.31. The average Bonchev–Trinajstić information content (AvgIpc) is 2.60. The lowest BCUT2D eigenvalue weighted by atomic mass is 10.2. The van der Waals surface area contributed by atoms with Gasteiger partial charge >= 0.3 is 0 Å². The van der Waals surface area contributed by atoms with Gasteiger partial charge in [0.25, 0.3) is 0 Å². The minimum absolute atomic E-state index is 1.09. The van der Waals surface area contributed by atoms with Crippen LogP contribution in [0.4, 0.5) is 0 Å². The number of hydrogen-bond donors (Lipinski definition) is 0. The molecule has 0 fully saturated rings. The van der Waals surface area contributed by atoms with Gasteiger partial charge in [-0.1, -0.05) is 18.2 Å². The van der Waals surface area contributed by atoms with Crippen LogP contribution in [-0.4, -0.2) is 22.9 Å². The summed E-state index contributed by atoms with van der Waals surface area (Å²) in [5, 5.41) is 2.36. The summed E-state index contributed by atoms with van der Waals surface area (Å²) in [5.74, 6) is 0. The van der Waals surface area contributed by atoms with Gasteiger partial charge in [0.15, 0.2) is 0 Å². The lowest BCUT2D eigenvalue weighted by Gasteiger charge is -1.98. The fraction of sp³-hybridized carbons (Fsp3) is 0.250. The van der Waals surface area contributed by atoms with Crippen molar-refractivity contribution in [3.8, 4) is 0 Å². The van der Waals surface area contributed by atoms with Crippen LogP contribution < -0.4 is 0 Å². The number of aromatic nitrogens is 1. The first-order valence-electron chi connectivity index (χ1n) is 4.83. The lowest BCUT2D eigenvalue weighted by Crippen LogP contribution is -1.92. The summed E-state index contributed by atoms with van der Waals surface area (Å²) in [6.45, 7) is 0. The van der Waals surface area contributed by atoms with E-state index in [2.05, 4.69) is 53.3 Å². The molecule has 0 radical (unpaired) electrons. The molecule has 0 atom stereocenters. The number of hydrogen-bond acceptors (Lipinski definition) is 2. The maximum atomic E-state index is 4.31. The van der Waals surface area contributed by atoms with Crippen LogP contribution in [0, 0.1) is 0 Å². The maximum Gasteiger partial charge on any atom is 0.0992 e. The van der Waals surface area contributed by atoms with Gasteiger partial charge in [0, 0.05) is 36.8 Å². The molecule has 15 heavy (non-hydrogen) atoms. The van der Waals surface area contributed by atoms with E-state index in [4.69, 9.17) is 0 Å². The van der Waals surface area contributed by atoms with Crippen LogP contribution in [0.25, 0.3) is 10.9 Å². The summed E-state index contributed by atoms with van der Waals surface area (Å²) in [5.41, 5.74) is 2.48. The standard InChI is InChI=1S/C12H14N2S/c1-13-12(15-3)10-8-14(2)11-7-5-4-6-9(10)11/h4-8H,1-3H3. The van der Waals surface area contributed by atoms with E-state index in [9.17, 15) is 0 Å².